The molecular weight excluding hydrogens is 401 g/mol. The highest BCUT2D eigenvalue weighted by atomic mass is 35.5. The molecule has 0 aliphatic carbocycles. The zero-order chi connectivity index (χ0) is 18.6. The van der Waals surface area contributed by atoms with Crippen molar-refractivity contribution in [2.75, 3.05) is 25.0 Å². The summed E-state index contributed by atoms with van der Waals surface area (Å²) in [5, 5.41) is 2.81. The van der Waals surface area contributed by atoms with E-state index in [9.17, 15) is 13.2 Å². The molecule has 1 saturated heterocycles. The fourth-order valence-electron chi connectivity index (χ4n) is 2.78. The number of hydrogen-bond donors (Lipinski definition) is 2. The minimum atomic E-state index is -3.72. The number of nitrogens with zero attached hydrogens (tertiary/aromatic N) is 1. The summed E-state index contributed by atoms with van der Waals surface area (Å²) in [5.74, 6) is -0.315. The molecule has 0 aromatic heterocycles. The standard InChI is InChI=1S/C16H24ClN3O4S.ClH/c1-3-20(4-2)25(22,23)15-9-11(5-7-13(15)17)19-16(21)14-8-6-12(10-18)24-14;/h5,7,9,12,14H,3-4,6,8,10,18H2,1-2H3,(H,19,21);1H/t12-,14+;/m1./s1. The van der Waals surface area contributed by atoms with Crippen molar-refractivity contribution in [3.8, 4) is 0 Å². The first-order chi connectivity index (χ1) is 11.8. The fourth-order valence-corrected chi connectivity index (χ4v) is 4.73. The Hall–Kier alpha value is -0.900. The number of carbonyl (C=O) groups is 1. The topological polar surface area (TPSA) is 102 Å². The maximum absolute atomic E-state index is 12.7. The second-order valence-electron chi connectivity index (χ2n) is 5.78. The minimum absolute atomic E-state index is 0. The monoisotopic (exact) mass is 425 g/mol. The first-order valence-electron chi connectivity index (χ1n) is 8.29. The van der Waals surface area contributed by atoms with E-state index in [0.29, 0.717) is 31.7 Å². The second-order valence-corrected chi connectivity index (χ2v) is 8.10. The Morgan fingerprint density at radius 2 is 2.00 bits per heavy atom. The summed E-state index contributed by atoms with van der Waals surface area (Å²) in [7, 11) is -3.72. The van der Waals surface area contributed by atoms with E-state index in [1.54, 1.807) is 19.9 Å². The first-order valence-corrected chi connectivity index (χ1v) is 10.1. The summed E-state index contributed by atoms with van der Waals surface area (Å²) in [6, 6.07) is 4.41. The summed E-state index contributed by atoms with van der Waals surface area (Å²) in [5.41, 5.74) is 5.91. The van der Waals surface area contributed by atoms with E-state index >= 15 is 0 Å². The zero-order valence-electron chi connectivity index (χ0n) is 14.8. The van der Waals surface area contributed by atoms with Crippen LogP contribution >= 0.6 is 24.0 Å². The van der Waals surface area contributed by atoms with Crippen LogP contribution in [0.2, 0.25) is 5.02 Å². The van der Waals surface area contributed by atoms with Gasteiger partial charge in [-0.1, -0.05) is 25.4 Å². The van der Waals surface area contributed by atoms with Gasteiger partial charge in [0, 0.05) is 25.3 Å². The number of sulfonamides is 1. The van der Waals surface area contributed by atoms with E-state index in [4.69, 9.17) is 22.1 Å². The lowest BCUT2D eigenvalue weighted by Crippen LogP contribution is -2.31. The third kappa shape index (κ3) is 5.09. The predicted octanol–water partition coefficient (Wildman–Crippen LogP) is 2.24. The summed E-state index contributed by atoms with van der Waals surface area (Å²) in [4.78, 5) is 12.3. The van der Waals surface area contributed by atoms with Crippen molar-refractivity contribution in [2.45, 2.75) is 43.8 Å². The van der Waals surface area contributed by atoms with Crippen LogP contribution in [0.1, 0.15) is 26.7 Å². The first kappa shape index (κ1) is 23.1. The van der Waals surface area contributed by atoms with Crippen LogP contribution in [0.25, 0.3) is 0 Å². The smallest absolute Gasteiger partial charge is 0.253 e. The van der Waals surface area contributed by atoms with Gasteiger partial charge in [0.1, 0.15) is 11.0 Å². The molecule has 1 aromatic carbocycles. The SMILES string of the molecule is CCN(CC)S(=O)(=O)c1cc(NC(=O)[C@@H]2CC[C@H](CN)O2)ccc1Cl.Cl. The molecule has 1 heterocycles. The zero-order valence-corrected chi connectivity index (χ0v) is 17.2. The van der Waals surface area contributed by atoms with Crippen LogP contribution in [0, 0.1) is 0 Å². The van der Waals surface area contributed by atoms with Crippen LogP contribution in [-0.4, -0.2) is 50.5 Å². The third-order valence-electron chi connectivity index (χ3n) is 4.18. The molecule has 1 aliphatic rings. The lowest BCUT2D eigenvalue weighted by Gasteiger charge is -2.20. The predicted molar refractivity (Wildman–Crippen MR) is 104 cm³/mol. The Bertz CT molecular complexity index is 726. The van der Waals surface area contributed by atoms with Gasteiger partial charge in [-0.3, -0.25) is 4.79 Å². The normalized spacial score (nSPS) is 20.0. The maximum atomic E-state index is 12.7. The van der Waals surface area contributed by atoms with Crippen molar-refractivity contribution in [3.63, 3.8) is 0 Å². The molecule has 148 valence electrons. The molecule has 7 nitrogen and oxygen atoms in total. The molecule has 26 heavy (non-hydrogen) atoms. The number of carbonyl (C=O) groups excluding carboxylic acids is 1. The van der Waals surface area contributed by atoms with E-state index < -0.39 is 16.1 Å². The van der Waals surface area contributed by atoms with Gasteiger partial charge >= 0.3 is 0 Å². The number of hydrogen-bond acceptors (Lipinski definition) is 5. The van der Waals surface area contributed by atoms with Crippen LogP contribution in [0.5, 0.6) is 0 Å². The third-order valence-corrected chi connectivity index (χ3v) is 6.72. The van der Waals surface area contributed by atoms with E-state index in [-0.39, 0.29) is 34.3 Å². The lowest BCUT2D eigenvalue weighted by molar-refractivity contribution is -0.126. The van der Waals surface area contributed by atoms with Gasteiger partial charge in [0.2, 0.25) is 10.0 Å². The highest BCUT2D eigenvalue weighted by molar-refractivity contribution is 7.89. The summed E-state index contributed by atoms with van der Waals surface area (Å²) >= 11 is 6.08. The van der Waals surface area contributed by atoms with Crippen LogP contribution < -0.4 is 11.1 Å². The molecule has 1 amide bonds. The van der Waals surface area contributed by atoms with Gasteiger partial charge < -0.3 is 15.8 Å². The highest BCUT2D eigenvalue weighted by Gasteiger charge is 2.30. The van der Waals surface area contributed by atoms with Gasteiger partial charge in [0.05, 0.1) is 11.1 Å². The molecule has 0 radical (unpaired) electrons. The number of rotatable bonds is 7. The Labute approximate surface area is 165 Å². The Kier molecular flexibility index (Phi) is 8.78. The number of nitrogens with one attached hydrogen (secondary N) is 1. The van der Waals surface area contributed by atoms with Gasteiger partial charge in [0.15, 0.2) is 0 Å². The number of halogens is 2. The highest BCUT2D eigenvalue weighted by Crippen LogP contribution is 2.28. The minimum Gasteiger partial charge on any atom is -0.364 e. The molecule has 0 unspecified atom stereocenters. The van der Waals surface area contributed by atoms with Crippen LogP contribution in [0.15, 0.2) is 23.1 Å². The molecule has 3 N–H and O–H groups in total. The number of anilines is 1. The van der Waals surface area contributed by atoms with E-state index in [1.807, 2.05) is 0 Å². The van der Waals surface area contributed by atoms with Gasteiger partial charge in [0.25, 0.3) is 5.91 Å². The average molecular weight is 426 g/mol. The summed E-state index contributed by atoms with van der Waals surface area (Å²) < 4.78 is 32.2. The van der Waals surface area contributed by atoms with Crippen molar-refractivity contribution in [3.05, 3.63) is 23.2 Å². The summed E-state index contributed by atoms with van der Waals surface area (Å²) in [6.45, 7) is 4.55. The quantitative estimate of drug-likeness (QED) is 0.696. The molecule has 1 aromatic rings. The van der Waals surface area contributed by atoms with E-state index in [0.717, 1.165) is 6.42 Å². The summed E-state index contributed by atoms with van der Waals surface area (Å²) in [6.07, 6.45) is 0.634. The molecule has 1 fully saturated rings. The average Bonchev–Trinajstić information content (AvgIpc) is 3.06. The van der Waals surface area contributed by atoms with Crippen LogP contribution in [-0.2, 0) is 19.6 Å². The second kappa shape index (κ2) is 9.87. The molecule has 0 spiro atoms. The van der Waals surface area contributed by atoms with E-state index in [1.165, 1.54) is 16.4 Å². The van der Waals surface area contributed by atoms with Crippen LogP contribution in [0.3, 0.4) is 0 Å². The number of ether oxygens (including phenoxy) is 1. The maximum Gasteiger partial charge on any atom is 0.253 e. The fraction of sp³-hybridized carbons (Fsp3) is 0.562. The van der Waals surface area contributed by atoms with Crippen molar-refractivity contribution in [2.24, 2.45) is 5.73 Å². The lowest BCUT2D eigenvalue weighted by atomic mass is 10.2. The van der Waals surface area contributed by atoms with Gasteiger partial charge in [-0.25, -0.2) is 8.42 Å². The molecular formula is C16H25Cl2N3O4S. The molecule has 2 rings (SSSR count). The van der Waals surface area contributed by atoms with Crippen molar-refractivity contribution in [1.82, 2.24) is 4.31 Å². The molecule has 0 saturated carbocycles. The van der Waals surface area contributed by atoms with Gasteiger partial charge in [-0.15, -0.1) is 12.4 Å². The molecule has 2 atom stereocenters. The Morgan fingerprint density at radius 1 is 1.35 bits per heavy atom. The van der Waals surface area contributed by atoms with Crippen molar-refractivity contribution < 1.29 is 17.9 Å². The Morgan fingerprint density at radius 3 is 2.54 bits per heavy atom. The Balaban J connectivity index is 0.00000338. The van der Waals surface area contributed by atoms with Gasteiger partial charge in [-0.05, 0) is 31.0 Å². The molecule has 1 aliphatic heterocycles. The largest absolute Gasteiger partial charge is 0.364 e. The van der Waals surface area contributed by atoms with Crippen molar-refractivity contribution in [1.29, 1.82) is 0 Å². The number of nitrogens with two attached hydrogens (primary N) is 1. The van der Waals surface area contributed by atoms with Crippen molar-refractivity contribution >= 4 is 45.6 Å². The van der Waals surface area contributed by atoms with E-state index in [2.05, 4.69) is 5.32 Å². The number of amides is 1. The molecule has 10 heteroatoms. The molecule has 0 bridgehead atoms. The van der Waals surface area contributed by atoms with Crippen LogP contribution in [0.4, 0.5) is 5.69 Å². The number of benzene rings is 1. The van der Waals surface area contributed by atoms with Gasteiger partial charge in [-0.2, -0.15) is 4.31 Å².